The number of aromatic amines is 1. The zero-order chi connectivity index (χ0) is 19.4. The minimum atomic E-state index is 0.0986. The number of piperidine rings is 3. The van der Waals surface area contributed by atoms with Gasteiger partial charge in [0.05, 0.1) is 6.04 Å². The summed E-state index contributed by atoms with van der Waals surface area (Å²) in [6.45, 7) is 9.52. The number of fused-ring (bicyclic) bond motifs is 2. The molecule has 1 aromatic heterocycles. The molecule has 4 aliphatic rings. The summed E-state index contributed by atoms with van der Waals surface area (Å²) >= 11 is 0. The molecule has 4 fully saturated rings. The molecule has 5 heteroatoms. The largest absolute Gasteiger partial charge is 0.332 e. The Morgan fingerprint density at radius 1 is 1.14 bits per heavy atom. The third-order valence-corrected chi connectivity index (χ3v) is 7.20. The maximum Gasteiger partial charge on any atom is 0.274 e. The standard InChI is InChI=1S/C23H30N4O/c1-14(2)19-12-20(25-24-19)23(28)27-13-18(16-6-4-15(3)5-7-16)22-21(27)17-8-10-26(22)11-9-17/h4-7,12,14,17-18,21-22H,8-11,13H2,1-3H3,(H,24,25)/t18-,21-,22-/m0/s1. The minimum Gasteiger partial charge on any atom is -0.332 e. The van der Waals surface area contributed by atoms with Gasteiger partial charge in [0.25, 0.3) is 5.91 Å². The number of hydrogen-bond donors (Lipinski definition) is 1. The van der Waals surface area contributed by atoms with Gasteiger partial charge in [-0.05, 0) is 56.3 Å². The number of carbonyl (C=O) groups excluding carboxylic acids is 1. The van der Waals surface area contributed by atoms with Crippen LogP contribution in [0.15, 0.2) is 30.3 Å². The van der Waals surface area contributed by atoms with Crippen molar-refractivity contribution in [2.45, 2.75) is 57.5 Å². The van der Waals surface area contributed by atoms with Gasteiger partial charge in [-0.15, -0.1) is 0 Å². The van der Waals surface area contributed by atoms with Crippen molar-refractivity contribution in [1.29, 1.82) is 0 Å². The summed E-state index contributed by atoms with van der Waals surface area (Å²) in [5, 5.41) is 7.42. The number of aryl methyl sites for hydroxylation is 1. The topological polar surface area (TPSA) is 52.2 Å². The van der Waals surface area contributed by atoms with Crippen molar-refractivity contribution in [3.8, 4) is 0 Å². The Balaban J connectivity index is 1.49. The number of rotatable bonds is 3. The highest BCUT2D eigenvalue weighted by molar-refractivity contribution is 5.93. The van der Waals surface area contributed by atoms with Crippen molar-refractivity contribution in [3.63, 3.8) is 0 Å². The van der Waals surface area contributed by atoms with Gasteiger partial charge in [0.15, 0.2) is 0 Å². The Kier molecular flexibility index (Phi) is 4.31. The van der Waals surface area contributed by atoms with Gasteiger partial charge in [0.2, 0.25) is 0 Å². The molecule has 1 aromatic carbocycles. The minimum absolute atomic E-state index is 0.0986. The van der Waals surface area contributed by atoms with E-state index in [0.717, 1.165) is 12.2 Å². The molecule has 0 aliphatic carbocycles. The summed E-state index contributed by atoms with van der Waals surface area (Å²) in [6, 6.07) is 11.6. The number of nitrogens with one attached hydrogen (secondary N) is 1. The number of amides is 1. The highest BCUT2D eigenvalue weighted by Gasteiger charge is 2.54. The predicted octanol–water partition coefficient (Wildman–Crippen LogP) is 3.54. The number of H-pyrrole nitrogens is 1. The zero-order valence-electron chi connectivity index (χ0n) is 17.1. The molecule has 148 valence electrons. The lowest BCUT2D eigenvalue weighted by Crippen LogP contribution is -2.60. The van der Waals surface area contributed by atoms with Crippen molar-refractivity contribution < 1.29 is 4.79 Å². The molecule has 28 heavy (non-hydrogen) atoms. The van der Waals surface area contributed by atoms with E-state index in [2.05, 4.69) is 65.0 Å². The monoisotopic (exact) mass is 378 g/mol. The molecule has 0 spiro atoms. The van der Waals surface area contributed by atoms with Crippen LogP contribution >= 0.6 is 0 Å². The number of carbonyl (C=O) groups is 1. The van der Waals surface area contributed by atoms with Gasteiger partial charge in [0, 0.05) is 24.2 Å². The maximum absolute atomic E-state index is 13.5. The summed E-state index contributed by atoms with van der Waals surface area (Å²) in [6.07, 6.45) is 2.42. The summed E-state index contributed by atoms with van der Waals surface area (Å²) in [5.41, 5.74) is 4.26. The van der Waals surface area contributed by atoms with Crippen LogP contribution in [0.2, 0.25) is 0 Å². The third-order valence-electron chi connectivity index (χ3n) is 7.20. The molecule has 4 aliphatic heterocycles. The number of hydrogen-bond acceptors (Lipinski definition) is 3. The molecule has 4 saturated heterocycles. The first kappa shape index (κ1) is 17.9. The van der Waals surface area contributed by atoms with Crippen LogP contribution in [0.3, 0.4) is 0 Å². The molecule has 1 amide bonds. The molecular weight excluding hydrogens is 348 g/mol. The number of benzene rings is 1. The van der Waals surface area contributed by atoms with E-state index in [0.29, 0.717) is 35.5 Å². The highest BCUT2D eigenvalue weighted by Crippen LogP contribution is 2.46. The fraction of sp³-hybridized carbons (Fsp3) is 0.565. The van der Waals surface area contributed by atoms with Gasteiger partial charge in [0.1, 0.15) is 5.69 Å². The van der Waals surface area contributed by atoms with E-state index < -0.39 is 0 Å². The van der Waals surface area contributed by atoms with Gasteiger partial charge >= 0.3 is 0 Å². The lowest BCUT2D eigenvalue weighted by Gasteiger charge is -2.51. The second-order valence-corrected chi connectivity index (χ2v) is 9.19. The van der Waals surface area contributed by atoms with Gasteiger partial charge in [-0.2, -0.15) is 5.10 Å². The van der Waals surface area contributed by atoms with Crippen LogP contribution in [-0.2, 0) is 0 Å². The average molecular weight is 379 g/mol. The van der Waals surface area contributed by atoms with Gasteiger partial charge in [-0.1, -0.05) is 43.7 Å². The zero-order valence-corrected chi connectivity index (χ0v) is 17.1. The first-order valence-electron chi connectivity index (χ1n) is 10.7. The van der Waals surface area contributed by atoms with E-state index in [-0.39, 0.29) is 5.91 Å². The Hall–Kier alpha value is -2.14. The smallest absolute Gasteiger partial charge is 0.274 e. The molecule has 1 N–H and O–H groups in total. The van der Waals surface area contributed by atoms with Crippen LogP contribution in [0, 0.1) is 12.8 Å². The summed E-state index contributed by atoms with van der Waals surface area (Å²) < 4.78 is 0. The van der Waals surface area contributed by atoms with Crippen molar-refractivity contribution in [2.75, 3.05) is 19.6 Å². The summed E-state index contributed by atoms with van der Waals surface area (Å²) in [5.74, 6) is 1.46. The van der Waals surface area contributed by atoms with Crippen molar-refractivity contribution in [2.24, 2.45) is 5.92 Å². The first-order valence-corrected chi connectivity index (χ1v) is 10.7. The molecule has 0 saturated carbocycles. The van der Waals surface area contributed by atoms with E-state index in [9.17, 15) is 4.79 Å². The second kappa shape index (κ2) is 6.73. The number of nitrogens with zero attached hydrogens (tertiary/aromatic N) is 3. The molecule has 0 unspecified atom stereocenters. The molecule has 2 bridgehead atoms. The Morgan fingerprint density at radius 2 is 1.86 bits per heavy atom. The molecule has 0 radical (unpaired) electrons. The van der Waals surface area contributed by atoms with Gasteiger partial charge in [-0.25, -0.2) is 0 Å². The van der Waals surface area contributed by atoms with Crippen LogP contribution in [0.25, 0.3) is 0 Å². The fourth-order valence-corrected chi connectivity index (χ4v) is 5.65. The molecule has 2 aromatic rings. The van der Waals surface area contributed by atoms with Crippen molar-refractivity contribution in [1.82, 2.24) is 20.0 Å². The van der Waals surface area contributed by atoms with Crippen LogP contribution in [0.1, 0.15) is 65.8 Å². The molecule has 3 atom stereocenters. The average Bonchev–Trinajstić information content (AvgIpc) is 3.36. The van der Waals surface area contributed by atoms with E-state index >= 15 is 0 Å². The van der Waals surface area contributed by atoms with Crippen LogP contribution in [0.5, 0.6) is 0 Å². The predicted molar refractivity (Wildman–Crippen MR) is 110 cm³/mol. The van der Waals surface area contributed by atoms with Crippen LogP contribution in [-0.4, -0.2) is 57.6 Å². The SMILES string of the molecule is Cc1ccc([C@@H]2CN(C(=O)c3cc(C(C)C)[nH]n3)[C@H]3C4CCN(CC4)[C@@H]23)cc1. The van der Waals surface area contributed by atoms with Gasteiger partial charge in [-0.3, -0.25) is 14.8 Å². The first-order chi connectivity index (χ1) is 13.5. The van der Waals surface area contributed by atoms with Crippen molar-refractivity contribution in [3.05, 3.63) is 52.8 Å². The number of likely N-dealkylation sites (tertiary alicyclic amines) is 1. The van der Waals surface area contributed by atoms with E-state index in [4.69, 9.17) is 0 Å². The quantitative estimate of drug-likeness (QED) is 0.889. The number of aromatic nitrogens is 2. The normalized spacial score (nSPS) is 31.4. The molecular formula is C23H30N4O. The lowest BCUT2D eigenvalue weighted by molar-refractivity contribution is -0.00358. The lowest BCUT2D eigenvalue weighted by atomic mass is 9.75. The second-order valence-electron chi connectivity index (χ2n) is 9.19. The van der Waals surface area contributed by atoms with Crippen molar-refractivity contribution >= 4 is 5.91 Å². The Bertz CT molecular complexity index is 863. The Labute approximate surface area is 167 Å². The van der Waals surface area contributed by atoms with Gasteiger partial charge < -0.3 is 4.90 Å². The van der Waals surface area contributed by atoms with E-state index in [1.54, 1.807) is 0 Å². The summed E-state index contributed by atoms with van der Waals surface area (Å²) in [4.78, 5) is 18.3. The molecule has 6 rings (SSSR count). The highest BCUT2D eigenvalue weighted by atomic mass is 16.2. The fourth-order valence-electron chi connectivity index (χ4n) is 5.65. The summed E-state index contributed by atoms with van der Waals surface area (Å²) in [7, 11) is 0. The van der Waals surface area contributed by atoms with E-state index in [1.165, 1.54) is 37.1 Å². The van der Waals surface area contributed by atoms with Crippen LogP contribution in [0.4, 0.5) is 0 Å². The van der Waals surface area contributed by atoms with Crippen LogP contribution < -0.4 is 0 Å². The maximum atomic E-state index is 13.5. The Morgan fingerprint density at radius 3 is 2.50 bits per heavy atom. The third kappa shape index (κ3) is 2.79. The molecule has 5 nitrogen and oxygen atoms in total. The molecule has 5 heterocycles. The van der Waals surface area contributed by atoms with E-state index in [1.807, 2.05) is 6.07 Å².